The van der Waals surface area contributed by atoms with Gasteiger partial charge < -0.3 is 0 Å². The summed E-state index contributed by atoms with van der Waals surface area (Å²) in [7, 11) is 1.58. The second-order valence-corrected chi connectivity index (χ2v) is 9.13. The van der Waals surface area contributed by atoms with Crippen molar-refractivity contribution in [2.24, 2.45) is 0 Å². The summed E-state index contributed by atoms with van der Waals surface area (Å²) in [5.41, 5.74) is 0. The van der Waals surface area contributed by atoms with E-state index in [0.29, 0.717) is 0 Å². The Morgan fingerprint density at radius 1 is 0.292 bits per heavy atom. The maximum Gasteiger partial charge on any atom is 0.127 e. The van der Waals surface area contributed by atoms with Gasteiger partial charge in [0.1, 0.15) is 7.28 Å². The predicted octanol–water partition coefficient (Wildman–Crippen LogP) is 8.22. The zero-order chi connectivity index (χ0) is 16.7. The second kappa shape index (κ2) is 14.3. The number of hydrogen-bond acceptors (Lipinski definition) is 0. The summed E-state index contributed by atoms with van der Waals surface area (Å²) in [6, 6.07) is 0. The summed E-state index contributed by atoms with van der Waals surface area (Å²) < 4.78 is 0. The van der Waals surface area contributed by atoms with Crippen molar-refractivity contribution in [2.45, 2.75) is 146 Å². The highest BCUT2D eigenvalue weighted by molar-refractivity contribution is 6.39. The lowest BCUT2D eigenvalue weighted by molar-refractivity contribution is 0.496. The fourth-order valence-corrected chi connectivity index (χ4v) is 5.26. The summed E-state index contributed by atoms with van der Waals surface area (Å²) >= 11 is 0. The van der Waals surface area contributed by atoms with E-state index >= 15 is 0 Å². The Bertz CT molecular complexity index is 251. The van der Waals surface area contributed by atoms with Crippen molar-refractivity contribution < 1.29 is 0 Å². The fourth-order valence-electron chi connectivity index (χ4n) is 5.26. The number of rotatable bonds is 2. The Morgan fingerprint density at radius 3 is 0.750 bits per heavy atom. The fraction of sp³-hybridized carbons (Fsp3) is 1.00. The van der Waals surface area contributed by atoms with Crippen molar-refractivity contribution >= 4 is 7.28 Å². The Labute approximate surface area is 154 Å². The van der Waals surface area contributed by atoms with E-state index in [-0.39, 0.29) is 0 Å². The molecule has 0 spiro atoms. The monoisotopic (exact) mass is 332 g/mol. The molecular formula is C23H45B. The minimum atomic E-state index is 1.07. The second-order valence-electron chi connectivity index (χ2n) is 9.13. The third-order valence-corrected chi connectivity index (χ3v) is 6.87. The van der Waals surface area contributed by atoms with E-state index in [1.807, 2.05) is 0 Å². The first-order valence-electron chi connectivity index (χ1n) is 11.9. The molecule has 0 amide bonds. The van der Waals surface area contributed by atoms with E-state index in [1.54, 1.807) is 33.0 Å². The average Bonchev–Trinajstić information content (AvgIpc) is 2.63. The van der Waals surface area contributed by atoms with Crippen LogP contribution in [-0.4, -0.2) is 7.28 Å². The lowest BCUT2D eigenvalue weighted by atomic mass is 9.50. The molecule has 0 radical (unpaired) electrons. The van der Waals surface area contributed by atoms with E-state index < -0.39 is 0 Å². The van der Waals surface area contributed by atoms with Gasteiger partial charge in [-0.05, 0) is 0 Å². The lowest BCUT2D eigenvalue weighted by Gasteiger charge is -2.23. The molecule has 0 unspecified atom stereocenters. The molecule has 2 aliphatic rings. The van der Waals surface area contributed by atoms with Crippen LogP contribution in [0.25, 0.3) is 0 Å². The minimum Gasteiger partial charge on any atom is -0.0654 e. The standard InChI is InChI=1S/C23H45B/c1-2-6-10-14-18-22(19-15-11-7-3-1)24-23-20-16-12-8-4-5-9-13-17-21-23/h22-24H,1-21H2. The van der Waals surface area contributed by atoms with Gasteiger partial charge in [-0.3, -0.25) is 0 Å². The van der Waals surface area contributed by atoms with Gasteiger partial charge in [0.05, 0.1) is 0 Å². The SMILES string of the molecule is B(C1CCCCCCCCCCC1)C1CCCCCCCCCC1. The van der Waals surface area contributed by atoms with Crippen LogP contribution in [0.15, 0.2) is 0 Å². The third-order valence-electron chi connectivity index (χ3n) is 6.87. The van der Waals surface area contributed by atoms with Gasteiger partial charge in [0.2, 0.25) is 0 Å². The van der Waals surface area contributed by atoms with Gasteiger partial charge in [-0.2, -0.15) is 0 Å². The van der Waals surface area contributed by atoms with Crippen LogP contribution in [0.2, 0.25) is 11.6 Å². The summed E-state index contributed by atoms with van der Waals surface area (Å²) in [5, 5.41) is 0. The molecule has 2 fully saturated rings. The maximum absolute atomic E-state index is 1.58. The molecule has 0 saturated heterocycles. The average molecular weight is 332 g/mol. The summed E-state index contributed by atoms with van der Waals surface area (Å²) in [4.78, 5) is 0. The highest BCUT2D eigenvalue weighted by Crippen LogP contribution is 2.33. The zero-order valence-electron chi connectivity index (χ0n) is 16.7. The van der Waals surface area contributed by atoms with Crippen molar-refractivity contribution in [2.75, 3.05) is 0 Å². The molecule has 0 bridgehead atoms. The van der Waals surface area contributed by atoms with Gasteiger partial charge in [0.25, 0.3) is 0 Å². The molecule has 0 heterocycles. The Kier molecular flexibility index (Phi) is 12.1. The third kappa shape index (κ3) is 10.1. The van der Waals surface area contributed by atoms with E-state index in [2.05, 4.69) is 0 Å². The van der Waals surface area contributed by atoms with Crippen LogP contribution in [0, 0.1) is 0 Å². The molecule has 0 atom stereocenters. The molecule has 1 heteroatoms. The molecule has 0 nitrogen and oxygen atoms in total. The largest absolute Gasteiger partial charge is 0.127 e. The Balaban J connectivity index is 1.75. The first-order chi connectivity index (χ1) is 11.9. The highest BCUT2D eigenvalue weighted by atomic mass is 14.1. The van der Waals surface area contributed by atoms with E-state index in [0.717, 1.165) is 11.6 Å². The summed E-state index contributed by atoms with van der Waals surface area (Å²) in [5.74, 6) is 2.14. The van der Waals surface area contributed by atoms with E-state index in [9.17, 15) is 0 Å². The molecule has 0 aliphatic heterocycles. The quantitative estimate of drug-likeness (QED) is 0.447. The Hall–Kier alpha value is 0.0649. The van der Waals surface area contributed by atoms with Gasteiger partial charge >= 0.3 is 0 Å². The lowest BCUT2D eigenvalue weighted by Crippen LogP contribution is -2.12. The van der Waals surface area contributed by atoms with Gasteiger partial charge in [0.15, 0.2) is 0 Å². The van der Waals surface area contributed by atoms with E-state index in [1.165, 1.54) is 109 Å². The maximum atomic E-state index is 1.58. The van der Waals surface area contributed by atoms with Crippen molar-refractivity contribution in [1.82, 2.24) is 0 Å². The van der Waals surface area contributed by atoms with Crippen molar-refractivity contribution in [3.8, 4) is 0 Å². The molecule has 2 saturated carbocycles. The Morgan fingerprint density at radius 2 is 0.500 bits per heavy atom. The van der Waals surface area contributed by atoms with Crippen LogP contribution in [-0.2, 0) is 0 Å². The van der Waals surface area contributed by atoms with Crippen LogP contribution in [0.3, 0.4) is 0 Å². The summed E-state index contributed by atoms with van der Waals surface area (Å²) in [6.07, 6.45) is 31.9. The van der Waals surface area contributed by atoms with Crippen LogP contribution in [0.1, 0.15) is 135 Å². The van der Waals surface area contributed by atoms with Crippen LogP contribution in [0.4, 0.5) is 0 Å². The molecule has 140 valence electrons. The molecular weight excluding hydrogens is 287 g/mol. The molecule has 0 aromatic rings. The summed E-state index contributed by atoms with van der Waals surface area (Å²) in [6.45, 7) is 0. The van der Waals surface area contributed by atoms with Gasteiger partial charge in [-0.25, -0.2) is 0 Å². The first-order valence-corrected chi connectivity index (χ1v) is 11.9. The van der Waals surface area contributed by atoms with Gasteiger partial charge in [0, 0.05) is 0 Å². The molecule has 0 aromatic heterocycles. The minimum absolute atomic E-state index is 1.07. The van der Waals surface area contributed by atoms with Crippen molar-refractivity contribution in [3.63, 3.8) is 0 Å². The smallest absolute Gasteiger partial charge is 0.0654 e. The van der Waals surface area contributed by atoms with Gasteiger partial charge in [-0.15, -0.1) is 0 Å². The first kappa shape index (κ1) is 20.4. The molecule has 2 aliphatic carbocycles. The zero-order valence-corrected chi connectivity index (χ0v) is 16.7. The van der Waals surface area contributed by atoms with Crippen LogP contribution in [0.5, 0.6) is 0 Å². The van der Waals surface area contributed by atoms with Crippen molar-refractivity contribution in [1.29, 1.82) is 0 Å². The molecule has 0 N–H and O–H groups in total. The molecule has 2 rings (SSSR count). The van der Waals surface area contributed by atoms with Crippen LogP contribution >= 0.6 is 0 Å². The molecule has 0 aromatic carbocycles. The number of hydrogen-bond donors (Lipinski definition) is 0. The van der Waals surface area contributed by atoms with Crippen LogP contribution < -0.4 is 0 Å². The predicted molar refractivity (Wildman–Crippen MR) is 112 cm³/mol. The van der Waals surface area contributed by atoms with Crippen molar-refractivity contribution in [3.05, 3.63) is 0 Å². The topological polar surface area (TPSA) is 0 Å². The van der Waals surface area contributed by atoms with Gasteiger partial charge in [-0.1, -0.05) is 146 Å². The highest BCUT2D eigenvalue weighted by Gasteiger charge is 2.18. The van der Waals surface area contributed by atoms with E-state index in [4.69, 9.17) is 0 Å². The normalized spacial score (nSPS) is 25.8. The molecule has 24 heavy (non-hydrogen) atoms.